The van der Waals surface area contributed by atoms with Crippen LogP contribution in [0.25, 0.3) is 0 Å². The summed E-state index contributed by atoms with van der Waals surface area (Å²) < 4.78 is 0. The molecule has 2 atom stereocenters. The second-order valence-corrected chi connectivity index (χ2v) is 8.99. The third-order valence-electron chi connectivity index (χ3n) is 5.62. The summed E-state index contributed by atoms with van der Waals surface area (Å²) in [7, 11) is 0. The molecule has 2 saturated carbocycles. The fraction of sp³-hybridized carbons (Fsp3) is 0.684. The lowest BCUT2D eigenvalue weighted by Gasteiger charge is -2.45. The first-order valence-electron chi connectivity index (χ1n) is 9.09. The quantitative estimate of drug-likeness (QED) is 0.759. The molecule has 0 radical (unpaired) electrons. The van der Waals surface area contributed by atoms with E-state index in [4.69, 9.17) is 5.73 Å². The zero-order chi connectivity index (χ0) is 17.3. The van der Waals surface area contributed by atoms with E-state index in [1.54, 1.807) is 11.3 Å². The van der Waals surface area contributed by atoms with Crippen LogP contribution in [-0.2, 0) is 4.79 Å². The molecule has 1 heterocycles. The van der Waals surface area contributed by atoms with Crippen LogP contribution in [0.5, 0.6) is 0 Å². The number of hydrogen-bond donors (Lipinski definition) is 2. The molecular formula is C19H29ClN2O2S. The summed E-state index contributed by atoms with van der Waals surface area (Å²) in [5.41, 5.74) is 6.92. The van der Waals surface area contributed by atoms with E-state index < -0.39 is 0 Å². The van der Waals surface area contributed by atoms with Crippen molar-refractivity contribution in [2.45, 2.75) is 70.9 Å². The van der Waals surface area contributed by atoms with Crippen LogP contribution in [0.3, 0.4) is 0 Å². The highest BCUT2D eigenvalue weighted by Gasteiger charge is 2.39. The molecule has 1 amide bonds. The Kier molecular flexibility index (Phi) is 7.06. The molecule has 2 aliphatic rings. The Hall–Kier alpha value is -0.910. The summed E-state index contributed by atoms with van der Waals surface area (Å²) >= 11 is 1.64. The van der Waals surface area contributed by atoms with Crippen LogP contribution in [0.15, 0.2) is 6.07 Å². The number of carbonyl (C=O) groups is 2. The van der Waals surface area contributed by atoms with Crippen LogP contribution in [0.1, 0.15) is 65.1 Å². The van der Waals surface area contributed by atoms with E-state index in [0.29, 0.717) is 24.3 Å². The van der Waals surface area contributed by atoms with Gasteiger partial charge in [0.2, 0.25) is 5.91 Å². The molecule has 0 aliphatic heterocycles. The minimum absolute atomic E-state index is 0. The molecular weight excluding hydrogens is 356 g/mol. The topological polar surface area (TPSA) is 72.2 Å². The maximum atomic E-state index is 12.4. The van der Waals surface area contributed by atoms with Gasteiger partial charge in [0.15, 0.2) is 5.78 Å². The van der Waals surface area contributed by atoms with Crippen LogP contribution in [0.2, 0.25) is 0 Å². The third-order valence-corrected chi connectivity index (χ3v) is 6.59. The largest absolute Gasteiger partial charge is 0.353 e. The zero-order valence-electron chi connectivity index (χ0n) is 15.0. The van der Waals surface area contributed by atoms with E-state index in [9.17, 15) is 9.59 Å². The Bertz CT molecular complexity index is 617. The van der Waals surface area contributed by atoms with Crippen molar-refractivity contribution in [3.8, 4) is 0 Å². The highest BCUT2D eigenvalue weighted by molar-refractivity contribution is 7.12. The highest BCUT2D eigenvalue weighted by Crippen LogP contribution is 2.39. The van der Waals surface area contributed by atoms with Crippen molar-refractivity contribution >= 4 is 35.4 Å². The Morgan fingerprint density at radius 2 is 1.84 bits per heavy atom. The number of thiophene rings is 1. The highest BCUT2D eigenvalue weighted by atomic mass is 35.5. The molecule has 25 heavy (non-hydrogen) atoms. The standard InChI is InChI=1S/C19H28N2O2S.ClH/c1-11-8-16(12(2)24-11)17(22)6-7-18(23)21-19-13-4-3-5-14(19)10-15(20)9-13;/h8,13-15,19H,3-7,9-10,20H2,1-2H3,(H,21,23);1H. The van der Waals surface area contributed by atoms with Crippen molar-refractivity contribution in [3.63, 3.8) is 0 Å². The first kappa shape index (κ1) is 20.4. The number of hydrogen-bond acceptors (Lipinski definition) is 4. The predicted octanol–water partition coefficient (Wildman–Crippen LogP) is 3.77. The molecule has 2 fully saturated rings. The molecule has 2 aliphatic carbocycles. The predicted molar refractivity (Wildman–Crippen MR) is 105 cm³/mol. The molecule has 4 nitrogen and oxygen atoms in total. The van der Waals surface area contributed by atoms with Gasteiger partial charge in [0.05, 0.1) is 0 Å². The van der Waals surface area contributed by atoms with E-state index >= 15 is 0 Å². The summed E-state index contributed by atoms with van der Waals surface area (Å²) in [6.07, 6.45) is 6.22. The summed E-state index contributed by atoms with van der Waals surface area (Å²) in [6.45, 7) is 3.98. The SMILES string of the molecule is Cc1cc(C(=O)CCC(=O)NC2C3CCCC2CC(N)C3)c(C)s1.Cl. The molecule has 3 rings (SSSR count). The first-order valence-corrected chi connectivity index (χ1v) is 9.91. The number of ketones is 1. The summed E-state index contributed by atoms with van der Waals surface area (Å²) in [4.78, 5) is 26.9. The van der Waals surface area contributed by atoms with Crippen molar-refractivity contribution in [1.29, 1.82) is 0 Å². The summed E-state index contributed by atoms with van der Waals surface area (Å²) in [5.74, 6) is 1.14. The van der Waals surface area contributed by atoms with Gasteiger partial charge in [0.25, 0.3) is 0 Å². The average molecular weight is 385 g/mol. The molecule has 3 N–H and O–H groups in total. The second kappa shape index (κ2) is 8.65. The lowest BCUT2D eigenvalue weighted by Crippen LogP contribution is -2.53. The van der Waals surface area contributed by atoms with E-state index in [1.165, 1.54) is 19.3 Å². The number of aryl methyl sites for hydroxylation is 2. The maximum absolute atomic E-state index is 12.4. The second-order valence-electron chi connectivity index (χ2n) is 7.53. The number of rotatable bonds is 5. The molecule has 6 heteroatoms. The minimum Gasteiger partial charge on any atom is -0.353 e. The number of nitrogens with one attached hydrogen (secondary N) is 1. The minimum atomic E-state index is 0. The third kappa shape index (κ3) is 4.83. The van der Waals surface area contributed by atoms with Crippen LogP contribution in [0, 0.1) is 25.7 Å². The molecule has 0 saturated heterocycles. The Labute approximate surface area is 160 Å². The lowest BCUT2D eigenvalue weighted by molar-refractivity contribution is -0.123. The fourth-order valence-corrected chi connectivity index (χ4v) is 5.49. The van der Waals surface area contributed by atoms with Gasteiger partial charge in [0.1, 0.15) is 0 Å². The maximum Gasteiger partial charge on any atom is 0.220 e. The molecule has 140 valence electrons. The number of carbonyl (C=O) groups excluding carboxylic acids is 2. The number of amides is 1. The summed E-state index contributed by atoms with van der Waals surface area (Å²) in [6, 6.07) is 2.50. The number of fused-ring (bicyclic) bond motifs is 2. The van der Waals surface area contributed by atoms with E-state index in [0.717, 1.165) is 28.2 Å². The normalized spacial score (nSPS) is 28.1. The molecule has 2 bridgehead atoms. The monoisotopic (exact) mass is 384 g/mol. The number of Topliss-reactive ketones (excluding diaryl/α,β-unsaturated/α-hetero) is 1. The Morgan fingerprint density at radius 3 is 2.40 bits per heavy atom. The molecule has 1 aromatic rings. The van der Waals surface area contributed by atoms with E-state index in [-0.39, 0.29) is 36.6 Å². The van der Waals surface area contributed by atoms with E-state index in [2.05, 4.69) is 5.32 Å². The van der Waals surface area contributed by atoms with Crippen molar-refractivity contribution < 1.29 is 9.59 Å². The Balaban J connectivity index is 0.00000225. The lowest BCUT2D eigenvalue weighted by atomic mass is 9.67. The van der Waals surface area contributed by atoms with Gasteiger partial charge in [-0.05, 0) is 57.4 Å². The Morgan fingerprint density at radius 1 is 1.20 bits per heavy atom. The molecule has 0 spiro atoms. The molecule has 0 aromatic carbocycles. The van der Waals surface area contributed by atoms with Crippen LogP contribution in [-0.4, -0.2) is 23.8 Å². The van der Waals surface area contributed by atoms with Crippen molar-refractivity contribution in [2.75, 3.05) is 0 Å². The molecule has 2 unspecified atom stereocenters. The van der Waals surface area contributed by atoms with Crippen molar-refractivity contribution in [2.24, 2.45) is 17.6 Å². The first-order chi connectivity index (χ1) is 11.4. The van der Waals surface area contributed by atoms with Crippen LogP contribution >= 0.6 is 23.7 Å². The van der Waals surface area contributed by atoms with Gasteiger partial charge in [-0.1, -0.05) is 6.42 Å². The van der Waals surface area contributed by atoms with Gasteiger partial charge in [0, 0.05) is 40.2 Å². The fourth-order valence-electron chi connectivity index (χ4n) is 4.55. The van der Waals surface area contributed by atoms with Crippen molar-refractivity contribution in [1.82, 2.24) is 5.32 Å². The van der Waals surface area contributed by atoms with Gasteiger partial charge < -0.3 is 11.1 Å². The molecule has 1 aromatic heterocycles. The van der Waals surface area contributed by atoms with Gasteiger partial charge in [-0.15, -0.1) is 23.7 Å². The number of halogens is 1. The van der Waals surface area contributed by atoms with Gasteiger partial charge in [-0.25, -0.2) is 0 Å². The smallest absolute Gasteiger partial charge is 0.220 e. The van der Waals surface area contributed by atoms with Gasteiger partial charge >= 0.3 is 0 Å². The number of nitrogens with two attached hydrogens (primary N) is 1. The van der Waals surface area contributed by atoms with Gasteiger partial charge in [-0.2, -0.15) is 0 Å². The van der Waals surface area contributed by atoms with Crippen LogP contribution < -0.4 is 11.1 Å². The summed E-state index contributed by atoms with van der Waals surface area (Å²) in [5, 5.41) is 3.22. The van der Waals surface area contributed by atoms with E-state index in [1.807, 2.05) is 19.9 Å². The zero-order valence-corrected chi connectivity index (χ0v) is 16.7. The van der Waals surface area contributed by atoms with Crippen LogP contribution in [0.4, 0.5) is 0 Å². The van der Waals surface area contributed by atoms with Crippen molar-refractivity contribution in [3.05, 3.63) is 21.4 Å². The average Bonchev–Trinajstić information content (AvgIpc) is 2.84. The van der Waals surface area contributed by atoms with Gasteiger partial charge in [-0.3, -0.25) is 9.59 Å².